The summed E-state index contributed by atoms with van der Waals surface area (Å²) in [5.41, 5.74) is 1.99. The van der Waals surface area contributed by atoms with E-state index >= 15 is 0 Å². The minimum absolute atomic E-state index is 0.717. The Labute approximate surface area is 86.0 Å². The Morgan fingerprint density at radius 1 is 1.50 bits per heavy atom. The first kappa shape index (κ1) is 9.36. The van der Waals surface area contributed by atoms with Crippen LogP contribution in [0.5, 0.6) is 0 Å². The third-order valence-electron chi connectivity index (χ3n) is 1.74. The summed E-state index contributed by atoms with van der Waals surface area (Å²) < 4.78 is 4.72. The lowest BCUT2D eigenvalue weighted by molar-refractivity contribution is 0.408. The van der Waals surface area contributed by atoms with Crippen molar-refractivity contribution in [3.05, 3.63) is 34.1 Å². The number of aromatic nitrogens is 2. The van der Waals surface area contributed by atoms with Crippen LogP contribution < -0.4 is 5.32 Å². The normalized spacial score (nSPS) is 10.6. The summed E-state index contributed by atoms with van der Waals surface area (Å²) in [4.78, 5) is 4.34. The summed E-state index contributed by atoms with van der Waals surface area (Å²) in [7, 11) is 0. The Kier molecular flexibility index (Phi) is 2.90. The molecule has 1 N–H and O–H groups in total. The first-order valence-corrected chi connectivity index (χ1v) is 5.23. The van der Waals surface area contributed by atoms with Gasteiger partial charge in [0.2, 0.25) is 0 Å². The van der Waals surface area contributed by atoms with Gasteiger partial charge in [0, 0.05) is 30.2 Å². The van der Waals surface area contributed by atoms with E-state index in [1.54, 1.807) is 17.6 Å². The van der Waals surface area contributed by atoms with Crippen LogP contribution in [0, 0.1) is 6.92 Å². The number of nitrogens with zero attached hydrogens (tertiary/aromatic N) is 2. The smallest absolute Gasteiger partial charge is 0.124 e. The zero-order valence-corrected chi connectivity index (χ0v) is 8.67. The summed E-state index contributed by atoms with van der Waals surface area (Å²) in [6, 6.07) is 1.85. The number of aryl methyl sites for hydroxylation is 1. The molecule has 0 unspecified atom stereocenters. The van der Waals surface area contributed by atoms with Crippen molar-refractivity contribution in [1.82, 2.24) is 15.5 Å². The summed E-state index contributed by atoms with van der Waals surface area (Å²) >= 11 is 1.67. The summed E-state index contributed by atoms with van der Waals surface area (Å²) in [6.07, 6.45) is 1.57. The Morgan fingerprint density at radius 3 is 3.07 bits per heavy atom. The fraction of sp³-hybridized carbons (Fsp3) is 0.333. The average Bonchev–Trinajstić information content (AvgIpc) is 2.77. The summed E-state index contributed by atoms with van der Waals surface area (Å²) in [5, 5.41) is 10.2. The molecule has 0 saturated carbocycles. The minimum atomic E-state index is 0.717. The van der Waals surface area contributed by atoms with E-state index in [2.05, 4.69) is 15.5 Å². The van der Waals surface area contributed by atoms with E-state index in [1.165, 1.54) is 0 Å². The number of rotatable bonds is 4. The molecule has 0 amide bonds. The van der Waals surface area contributed by atoms with E-state index in [0.717, 1.165) is 29.5 Å². The Bertz CT molecular complexity index is 382. The van der Waals surface area contributed by atoms with Crippen LogP contribution in [0.1, 0.15) is 16.4 Å². The molecule has 2 aromatic rings. The molecule has 0 aliphatic heterocycles. The van der Waals surface area contributed by atoms with Gasteiger partial charge in [0.15, 0.2) is 0 Å². The maximum atomic E-state index is 4.72. The lowest BCUT2D eigenvalue weighted by atomic mass is 10.4. The van der Waals surface area contributed by atoms with Crippen molar-refractivity contribution in [2.75, 3.05) is 0 Å². The molecule has 2 heterocycles. The van der Waals surface area contributed by atoms with E-state index in [4.69, 9.17) is 4.52 Å². The highest BCUT2D eigenvalue weighted by Crippen LogP contribution is 2.08. The van der Waals surface area contributed by atoms with E-state index < -0.39 is 0 Å². The van der Waals surface area contributed by atoms with Crippen LogP contribution in [0.3, 0.4) is 0 Å². The van der Waals surface area contributed by atoms with Gasteiger partial charge in [-0.15, -0.1) is 11.3 Å². The molecule has 14 heavy (non-hydrogen) atoms. The second kappa shape index (κ2) is 4.34. The predicted octanol–water partition coefficient (Wildman–Crippen LogP) is 1.73. The van der Waals surface area contributed by atoms with Crippen molar-refractivity contribution < 1.29 is 4.52 Å². The largest absolute Gasteiger partial charge is 0.364 e. The molecule has 2 aromatic heterocycles. The highest BCUT2D eigenvalue weighted by molar-refractivity contribution is 7.09. The van der Waals surface area contributed by atoms with Crippen LogP contribution in [-0.4, -0.2) is 10.1 Å². The minimum Gasteiger partial charge on any atom is -0.364 e. The van der Waals surface area contributed by atoms with E-state index in [9.17, 15) is 0 Å². The maximum absolute atomic E-state index is 4.72. The van der Waals surface area contributed by atoms with Crippen LogP contribution in [0.15, 0.2) is 22.2 Å². The lowest BCUT2D eigenvalue weighted by Crippen LogP contribution is -2.12. The number of nitrogens with one attached hydrogen (secondary N) is 1. The molecule has 74 valence electrons. The number of thiazole rings is 1. The topological polar surface area (TPSA) is 51.0 Å². The van der Waals surface area contributed by atoms with Gasteiger partial charge in [-0.05, 0) is 6.92 Å². The number of hydrogen-bond acceptors (Lipinski definition) is 5. The maximum Gasteiger partial charge on any atom is 0.124 e. The van der Waals surface area contributed by atoms with Gasteiger partial charge in [0.05, 0.1) is 5.69 Å². The van der Waals surface area contributed by atoms with Gasteiger partial charge in [0.25, 0.3) is 0 Å². The molecule has 0 aliphatic rings. The van der Waals surface area contributed by atoms with Gasteiger partial charge in [-0.1, -0.05) is 5.16 Å². The Balaban J connectivity index is 1.78. The molecular weight excluding hydrogens is 198 g/mol. The molecule has 4 nitrogen and oxygen atoms in total. The van der Waals surface area contributed by atoms with Crippen molar-refractivity contribution in [2.24, 2.45) is 0 Å². The molecule has 0 aromatic carbocycles. The molecule has 5 heteroatoms. The van der Waals surface area contributed by atoms with Gasteiger partial charge in [-0.3, -0.25) is 0 Å². The first-order valence-electron chi connectivity index (χ1n) is 4.35. The van der Waals surface area contributed by atoms with Crippen molar-refractivity contribution >= 4 is 11.3 Å². The van der Waals surface area contributed by atoms with Gasteiger partial charge in [0.1, 0.15) is 11.3 Å². The fourth-order valence-electron chi connectivity index (χ4n) is 1.11. The fourth-order valence-corrected chi connectivity index (χ4v) is 1.85. The zero-order valence-electron chi connectivity index (χ0n) is 7.86. The SMILES string of the molecule is Cc1csc(CNCc2ccon2)n1. The lowest BCUT2D eigenvalue weighted by Gasteiger charge is -1.97. The van der Waals surface area contributed by atoms with Crippen molar-refractivity contribution in [2.45, 2.75) is 20.0 Å². The van der Waals surface area contributed by atoms with Gasteiger partial charge >= 0.3 is 0 Å². The third-order valence-corrected chi connectivity index (χ3v) is 2.71. The molecule has 0 radical (unpaired) electrons. The second-order valence-electron chi connectivity index (χ2n) is 2.98. The van der Waals surface area contributed by atoms with Gasteiger partial charge in [-0.25, -0.2) is 4.98 Å². The predicted molar refractivity (Wildman–Crippen MR) is 53.9 cm³/mol. The standard InChI is InChI=1S/C9H11N3OS/c1-7-6-14-9(11-7)5-10-4-8-2-3-13-12-8/h2-3,6,10H,4-5H2,1H3. The highest BCUT2D eigenvalue weighted by atomic mass is 32.1. The van der Waals surface area contributed by atoms with Gasteiger partial charge < -0.3 is 9.84 Å². The van der Waals surface area contributed by atoms with E-state index in [0.29, 0.717) is 0 Å². The zero-order chi connectivity index (χ0) is 9.80. The summed E-state index contributed by atoms with van der Waals surface area (Å²) in [6.45, 7) is 3.50. The third kappa shape index (κ3) is 2.40. The molecule has 0 saturated heterocycles. The highest BCUT2D eigenvalue weighted by Gasteiger charge is 1.99. The molecule has 0 spiro atoms. The molecule has 0 fully saturated rings. The van der Waals surface area contributed by atoms with Crippen molar-refractivity contribution in [1.29, 1.82) is 0 Å². The Morgan fingerprint density at radius 2 is 2.43 bits per heavy atom. The van der Waals surface area contributed by atoms with Crippen molar-refractivity contribution in [3.8, 4) is 0 Å². The van der Waals surface area contributed by atoms with Crippen LogP contribution in [0.4, 0.5) is 0 Å². The molecule has 0 bridgehead atoms. The van der Waals surface area contributed by atoms with Crippen molar-refractivity contribution in [3.63, 3.8) is 0 Å². The van der Waals surface area contributed by atoms with E-state index in [1.807, 2.05) is 18.4 Å². The molecule has 0 atom stereocenters. The quantitative estimate of drug-likeness (QED) is 0.833. The monoisotopic (exact) mass is 209 g/mol. The van der Waals surface area contributed by atoms with Crippen LogP contribution >= 0.6 is 11.3 Å². The summed E-state index contributed by atoms with van der Waals surface area (Å²) in [5.74, 6) is 0. The van der Waals surface area contributed by atoms with Crippen LogP contribution in [-0.2, 0) is 13.1 Å². The molecular formula is C9H11N3OS. The van der Waals surface area contributed by atoms with E-state index in [-0.39, 0.29) is 0 Å². The molecule has 0 aliphatic carbocycles. The molecule has 2 rings (SSSR count). The van der Waals surface area contributed by atoms with Gasteiger partial charge in [-0.2, -0.15) is 0 Å². The first-order chi connectivity index (χ1) is 6.84. The average molecular weight is 209 g/mol. The number of hydrogen-bond donors (Lipinski definition) is 1. The Hall–Kier alpha value is -1.20. The van der Waals surface area contributed by atoms with Crippen LogP contribution in [0.2, 0.25) is 0 Å². The second-order valence-corrected chi connectivity index (χ2v) is 3.92. The van der Waals surface area contributed by atoms with Crippen LogP contribution in [0.25, 0.3) is 0 Å².